The molecule has 0 spiro atoms. The topological polar surface area (TPSA) is 107 Å². The van der Waals surface area contributed by atoms with Crippen LogP contribution in [0.4, 0.5) is 4.79 Å². The van der Waals surface area contributed by atoms with Crippen molar-refractivity contribution in [2.75, 3.05) is 39.1 Å². The fourth-order valence-electron chi connectivity index (χ4n) is 2.62. The minimum Gasteiger partial charge on any atom is -0.371 e. The van der Waals surface area contributed by atoms with Crippen molar-refractivity contribution < 1.29 is 38.0 Å². The van der Waals surface area contributed by atoms with Gasteiger partial charge in [0.1, 0.15) is 5.54 Å². The van der Waals surface area contributed by atoms with Gasteiger partial charge in [-0.15, -0.1) is 9.35 Å². The molecule has 0 bridgehead atoms. The van der Waals surface area contributed by atoms with Crippen LogP contribution in [0.1, 0.15) is 34.1 Å². The van der Waals surface area contributed by atoms with Crippen LogP contribution in [0.2, 0.25) is 0 Å². The second-order valence-electron chi connectivity index (χ2n) is 6.23. The highest BCUT2D eigenvalue weighted by atomic mass is 31.2. The number of imide groups is 1. The first kappa shape index (κ1) is 21.3. The zero-order chi connectivity index (χ0) is 19.4. The van der Waals surface area contributed by atoms with E-state index in [1.807, 2.05) is 6.92 Å². The van der Waals surface area contributed by atoms with Gasteiger partial charge in [-0.2, -0.15) is 0 Å². The zero-order valence-corrected chi connectivity index (χ0v) is 16.5. The minimum absolute atomic E-state index is 0.0359. The number of carbonyl (C=O) groups excluding carboxylic acids is 2. The number of epoxide rings is 1. The van der Waals surface area contributed by atoms with Crippen LogP contribution < -0.4 is 0 Å². The van der Waals surface area contributed by atoms with E-state index in [9.17, 15) is 14.2 Å². The average molecular weight is 394 g/mol. The van der Waals surface area contributed by atoms with Gasteiger partial charge in [-0.1, -0.05) is 6.92 Å². The predicted molar refractivity (Wildman–Crippen MR) is 90.1 cm³/mol. The van der Waals surface area contributed by atoms with Gasteiger partial charge >= 0.3 is 13.6 Å². The Balaban J connectivity index is 2.07. The first-order chi connectivity index (χ1) is 12.3. The van der Waals surface area contributed by atoms with Gasteiger partial charge in [0.25, 0.3) is 5.91 Å². The normalized spacial score (nSPS) is 26.1. The molecule has 0 aromatic carbocycles. The maximum atomic E-state index is 12.8. The Morgan fingerprint density at radius 1 is 1.19 bits per heavy atom. The number of nitrogens with zero attached hydrogens (tertiary/aromatic N) is 2. The van der Waals surface area contributed by atoms with Crippen LogP contribution in [0, 0.1) is 0 Å². The Morgan fingerprint density at radius 3 is 2.23 bits per heavy atom. The van der Waals surface area contributed by atoms with Gasteiger partial charge in [0.2, 0.25) is 0 Å². The molecule has 2 saturated heterocycles. The number of carbonyl (C=O) groups is 2. The molecule has 26 heavy (non-hydrogen) atoms. The Kier molecular flexibility index (Phi) is 7.18. The molecule has 0 aromatic rings. The summed E-state index contributed by atoms with van der Waals surface area (Å²) in [6, 6.07) is -0.436. The number of amides is 3. The molecule has 0 radical (unpaired) electrons. The predicted octanol–water partition coefficient (Wildman–Crippen LogP) is 1.95. The molecule has 2 aliphatic heterocycles. The molecule has 2 heterocycles. The molecular formula is C15H27N2O8P. The van der Waals surface area contributed by atoms with Gasteiger partial charge in [-0.3, -0.25) is 14.3 Å². The Bertz CT molecular complexity index is 558. The van der Waals surface area contributed by atoms with Crippen LogP contribution in [-0.4, -0.2) is 72.5 Å². The standard InChI is InChI=1S/C15H27N2O8P/c1-5-15(4)13(18)16(14(19)17(15)10-12-11-21-12)8-9-26(20,24-22-6-2)25-23-7-3/h12H,5-11H2,1-4H3. The summed E-state index contributed by atoms with van der Waals surface area (Å²) in [4.78, 5) is 37.6. The van der Waals surface area contributed by atoms with Crippen LogP contribution in [0.3, 0.4) is 0 Å². The van der Waals surface area contributed by atoms with Crippen LogP contribution in [0.5, 0.6) is 0 Å². The van der Waals surface area contributed by atoms with E-state index in [0.717, 1.165) is 4.90 Å². The molecule has 2 atom stereocenters. The monoisotopic (exact) mass is 394 g/mol. The lowest BCUT2D eigenvalue weighted by Gasteiger charge is -2.30. The van der Waals surface area contributed by atoms with Crippen molar-refractivity contribution in [1.82, 2.24) is 9.80 Å². The van der Waals surface area contributed by atoms with Gasteiger partial charge < -0.3 is 9.64 Å². The average Bonchev–Trinajstić information content (AvgIpc) is 3.43. The summed E-state index contributed by atoms with van der Waals surface area (Å²) in [5.74, 6) is -0.343. The second-order valence-corrected chi connectivity index (χ2v) is 8.20. The zero-order valence-electron chi connectivity index (χ0n) is 15.6. The van der Waals surface area contributed by atoms with E-state index in [2.05, 4.69) is 0 Å². The van der Waals surface area contributed by atoms with Crippen molar-refractivity contribution in [3.05, 3.63) is 0 Å². The van der Waals surface area contributed by atoms with Crippen molar-refractivity contribution in [3.8, 4) is 0 Å². The summed E-state index contributed by atoms with van der Waals surface area (Å²) in [6.07, 6.45) is 0.188. The van der Waals surface area contributed by atoms with E-state index < -0.39 is 19.2 Å². The van der Waals surface area contributed by atoms with Gasteiger partial charge in [0.05, 0.1) is 38.6 Å². The number of hydrogen-bond donors (Lipinski definition) is 0. The van der Waals surface area contributed by atoms with Crippen molar-refractivity contribution in [1.29, 1.82) is 0 Å². The lowest BCUT2D eigenvalue weighted by atomic mass is 9.97. The molecule has 150 valence electrons. The number of rotatable bonds is 12. The lowest BCUT2D eigenvalue weighted by molar-refractivity contribution is -0.263. The van der Waals surface area contributed by atoms with E-state index in [1.54, 1.807) is 20.8 Å². The Morgan fingerprint density at radius 2 is 1.77 bits per heavy atom. The van der Waals surface area contributed by atoms with Crippen molar-refractivity contribution in [3.63, 3.8) is 0 Å². The lowest BCUT2D eigenvalue weighted by Crippen LogP contribution is -2.48. The molecule has 0 aliphatic carbocycles. The highest BCUT2D eigenvalue weighted by molar-refractivity contribution is 7.53. The van der Waals surface area contributed by atoms with E-state index in [0.29, 0.717) is 19.6 Å². The summed E-state index contributed by atoms with van der Waals surface area (Å²) >= 11 is 0. The molecule has 0 aromatic heterocycles. The number of hydrogen-bond acceptors (Lipinski definition) is 8. The van der Waals surface area contributed by atoms with Gasteiger partial charge in [-0.25, -0.2) is 14.6 Å². The molecular weight excluding hydrogens is 367 g/mol. The molecule has 3 amide bonds. The fourth-order valence-corrected chi connectivity index (χ4v) is 3.77. The summed E-state index contributed by atoms with van der Waals surface area (Å²) in [5, 5.41) is 0. The number of urea groups is 1. The summed E-state index contributed by atoms with van der Waals surface area (Å²) < 4.78 is 27.4. The molecule has 2 unspecified atom stereocenters. The van der Waals surface area contributed by atoms with Crippen LogP contribution in [-0.2, 0) is 33.2 Å². The first-order valence-electron chi connectivity index (χ1n) is 8.78. The highest BCUT2D eigenvalue weighted by Gasteiger charge is 2.54. The molecule has 0 N–H and O–H groups in total. The highest BCUT2D eigenvalue weighted by Crippen LogP contribution is 2.49. The van der Waals surface area contributed by atoms with E-state index in [-0.39, 0.29) is 37.9 Å². The minimum atomic E-state index is -3.78. The van der Waals surface area contributed by atoms with Crippen molar-refractivity contribution in [2.24, 2.45) is 0 Å². The van der Waals surface area contributed by atoms with Crippen molar-refractivity contribution >= 4 is 19.5 Å². The van der Waals surface area contributed by atoms with Gasteiger partial charge in [0.15, 0.2) is 0 Å². The first-order valence-corrected chi connectivity index (χ1v) is 10.5. The molecule has 10 nitrogen and oxygen atoms in total. The molecule has 2 aliphatic rings. The number of ether oxygens (including phenoxy) is 1. The largest absolute Gasteiger partial charge is 0.386 e. The smallest absolute Gasteiger partial charge is 0.371 e. The van der Waals surface area contributed by atoms with E-state index >= 15 is 0 Å². The van der Waals surface area contributed by atoms with E-state index in [1.165, 1.54) is 4.90 Å². The third-order valence-electron chi connectivity index (χ3n) is 4.41. The summed E-state index contributed by atoms with van der Waals surface area (Å²) in [7, 11) is -3.78. The maximum absolute atomic E-state index is 12.8. The molecule has 11 heteroatoms. The fraction of sp³-hybridized carbons (Fsp3) is 0.867. The quantitative estimate of drug-likeness (QED) is 0.163. The Hall–Kier alpha value is -1.03. The maximum Gasteiger partial charge on any atom is 0.386 e. The summed E-state index contributed by atoms with van der Waals surface area (Å²) in [5.41, 5.74) is -0.950. The van der Waals surface area contributed by atoms with Crippen LogP contribution in [0.15, 0.2) is 0 Å². The van der Waals surface area contributed by atoms with Crippen LogP contribution in [0.25, 0.3) is 0 Å². The Labute approximate surface area is 153 Å². The SMILES string of the molecule is CCOOP(=O)(CCN1C(=O)N(CC2CO2)C(C)(CC)C1=O)OOCC. The second kappa shape index (κ2) is 8.77. The molecule has 2 fully saturated rings. The molecule has 0 saturated carbocycles. The van der Waals surface area contributed by atoms with Crippen LogP contribution >= 0.6 is 7.60 Å². The van der Waals surface area contributed by atoms with Gasteiger partial charge in [0, 0.05) is 6.54 Å². The third kappa shape index (κ3) is 4.62. The third-order valence-corrected chi connectivity index (χ3v) is 5.82. The van der Waals surface area contributed by atoms with Crippen molar-refractivity contribution in [2.45, 2.75) is 45.8 Å². The van der Waals surface area contributed by atoms with Gasteiger partial charge in [-0.05, 0) is 27.2 Å². The van der Waals surface area contributed by atoms with E-state index in [4.69, 9.17) is 23.9 Å². The molecule has 2 rings (SSSR count). The summed E-state index contributed by atoms with van der Waals surface area (Å²) in [6.45, 7) is 8.00.